The van der Waals surface area contributed by atoms with Gasteiger partial charge in [0.1, 0.15) is 5.75 Å². The Bertz CT molecular complexity index is 650. The summed E-state index contributed by atoms with van der Waals surface area (Å²) in [6, 6.07) is 15.5. The second-order valence-corrected chi connectivity index (χ2v) is 6.20. The number of hydrogen-bond donors (Lipinski definition) is 1. The summed E-state index contributed by atoms with van der Waals surface area (Å²) in [5.41, 5.74) is 2.71. The van der Waals surface area contributed by atoms with E-state index in [1.807, 2.05) is 24.3 Å². The monoisotopic (exact) mass is 355 g/mol. The summed E-state index contributed by atoms with van der Waals surface area (Å²) in [6.45, 7) is 5.90. The molecular weight excluding hydrogens is 326 g/mol. The van der Waals surface area contributed by atoms with Crippen molar-refractivity contribution in [1.82, 2.24) is 0 Å². The van der Waals surface area contributed by atoms with Gasteiger partial charge in [-0.2, -0.15) is 0 Å². The zero-order valence-electron chi connectivity index (χ0n) is 15.8. The minimum absolute atomic E-state index is 0.288. The maximum atomic E-state index is 11.6. The van der Waals surface area contributed by atoms with Crippen LogP contribution >= 0.6 is 0 Å². The molecule has 0 fully saturated rings. The first-order valence-electron chi connectivity index (χ1n) is 9.45. The number of hydrogen-bond acceptors (Lipinski definition) is 4. The maximum Gasteiger partial charge on any atom is 0.338 e. The lowest BCUT2D eigenvalue weighted by Crippen LogP contribution is -2.05. The molecule has 1 N–H and O–H groups in total. The number of carbonyl (C=O) groups excluding carboxylic acids is 1. The molecule has 0 radical (unpaired) electrons. The molecule has 0 aliphatic heterocycles. The van der Waals surface area contributed by atoms with E-state index in [0.29, 0.717) is 12.2 Å². The molecule has 140 valence electrons. The number of unbranched alkanes of at least 4 members (excludes halogenated alkanes) is 3. The summed E-state index contributed by atoms with van der Waals surface area (Å²) < 4.78 is 10.7. The van der Waals surface area contributed by atoms with Crippen LogP contribution in [0.2, 0.25) is 0 Å². The van der Waals surface area contributed by atoms with Crippen molar-refractivity contribution >= 4 is 11.7 Å². The van der Waals surface area contributed by atoms with Crippen LogP contribution in [0.15, 0.2) is 48.5 Å². The Hall–Kier alpha value is -2.49. The second kappa shape index (κ2) is 11.2. The van der Waals surface area contributed by atoms with Crippen molar-refractivity contribution in [2.45, 2.75) is 46.1 Å². The SMILES string of the molecule is CCCCCCOc1ccc(CNc2ccc(C(=O)OCC)cc2)cc1. The van der Waals surface area contributed by atoms with Gasteiger partial charge in [-0.1, -0.05) is 38.3 Å². The Morgan fingerprint density at radius 3 is 2.31 bits per heavy atom. The van der Waals surface area contributed by atoms with Crippen molar-refractivity contribution in [2.24, 2.45) is 0 Å². The van der Waals surface area contributed by atoms with Crippen LogP contribution in [0.25, 0.3) is 0 Å². The van der Waals surface area contributed by atoms with Gasteiger partial charge in [-0.05, 0) is 55.3 Å². The van der Waals surface area contributed by atoms with Crippen molar-refractivity contribution in [3.05, 3.63) is 59.7 Å². The molecule has 0 atom stereocenters. The molecule has 4 heteroatoms. The number of anilines is 1. The van der Waals surface area contributed by atoms with Crippen LogP contribution in [0.4, 0.5) is 5.69 Å². The Kier molecular flexibility index (Phi) is 8.53. The molecule has 2 rings (SSSR count). The maximum absolute atomic E-state index is 11.6. The van der Waals surface area contributed by atoms with Gasteiger partial charge in [-0.25, -0.2) is 4.79 Å². The van der Waals surface area contributed by atoms with Gasteiger partial charge in [0.15, 0.2) is 0 Å². The fourth-order valence-corrected chi connectivity index (χ4v) is 2.57. The standard InChI is InChI=1S/C22H29NO3/c1-3-5-6-7-16-26-21-14-8-18(9-15-21)17-23-20-12-10-19(11-13-20)22(24)25-4-2/h8-15,23H,3-7,16-17H2,1-2H3. The van der Waals surface area contributed by atoms with Gasteiger partial charge in [-0.3, -0.25) is 0 Å². The lowest BCUT2D eigenvalue weighted by Gasteiger charge is -2.09. The van der Waals surface area contributed by atoms with E-state index in [1.54, 1.807) is 19.1 Å². The highest BCUT2D eigenvalue weighted by Crippen LogP contribution is 2.16. The third kappa shape index (κ3) is 6.79. The van der Waals surface area contributed by atoms with E-state index in [0.717, 1.165) is 31.0 Å². The van der Waals surface area contributed by atoms with Crippen LogP contribution in [-0.2, 0) is 11.3 Å². The predicted octanol–water partition coefficient (Wildman–Crippen LogP) is 5.43. The molecule has 0 heterocycles. The predicted molar refractivity (Wildman–Crippen MR) is 106 cm³/mol. The van der Waals surface area contributed by atoms with Gasteiger partial charge in [-0.15, -0.1) is 0 Å². The smallest absolute Gasteiger partial charge is 0.338 e. The number of benzene rings is 2. The van der Waals surface area contributed by atoms with E-state index in [1.165, 1.54) is 24.8 Å². The fraction of sp³-hybridized carbons (Fsp3) is 0.409. The van der Waals surface area contributed by atoms with Crippen LogP contribution in [0, 0.1) is 0 Å². The molecule has 0 spiro atoms. The molecule has 0 aromatic heterocycles. The molecular formula is C22H29NO3. The average molecular weight is 355 g/mol. The number of rotatable bonds is 11. The van der Waals surface area contributed by atoms with E-state index in [2.05, 4.69) is 24.4 Å². The summed E-state index contributed by atoms with van der Waals surface area (Å²) in [7, 11) is 0. The molecule has 26 heavy (non-hydrogen) atoms. The zero-order chi connectivity index (χ0) is 18.6. The summed E-state index contributed by atoms with van der Waals surface area (Å²) in [6.07, 6.45) is 4.86. The minimum Gasteiger partial charge on any atom is -0.494 e. The first-order chi connectivity index (χ1) is 12.7. The summed E-state index contributed by atoms with van der Waals surface area (Å²) >= 11 is 0. The van der Waals surface area contributed by atoms with E-state index in [4.69, 9.17) is 9.47 Å². The van der Waals surface area contributed by atoms with Crippen molar-refractivity contribution in [3.8, 4) is 5.75 Å². The highest BCUT2D eigenvalue weighted by atomic mass is 16.5. The largest absolute Gasteiger partial charge is 0.494 e. The van der Waals surface area contributed by atoms with E-state index >= 15 is 0 Å². The van der Waals surface area contributed by atoms with Gasteiger partial charge in [0.2, 0.25) is 0 Å². The minimum atomic E-state index is -0.288. The second-order valence-electron chi connectivity index (χ2n) is 6.20. The van der Waals surface area contributed by atoms with Crippen LogP contribution in [0.1, 0.15) is 55.5 Å². The lowest BCUT2D eigenvalue weighted by atomic mass is 10.2. The Balaban J connectivity index is 1.76. The number of nitrogens with one attached hydrogen (secondary N) is 1. The van der Waals surface area contributed by atoms with Crippen LogP contribution in [-0.4, -0.2) is 19.2 Å². The molecule has 0 saturated carbocycles. The summed E-state index contributed by atoms with van der Waals surface area (Å²) in [5.74, 6) is 0.633. The molecule has 0 unspecified atom stereocenters. The molecule has 2 aromatic rings. The molecule has 0 aliphatic carbocycles. The lowest BCUT2D eigenvalue weighted by molar-refractivity contribution is 0.0526. The van der Waals surface area contributed by atoms with Gasteiger partial charge in [0.25, 0.3) is 0 Å². The number of carbonyl (C=O) groups is 1. The third-order valence-corrected chi connectivity index (χ3v) is 4.08. The average Bonchev–Trinajstić information content (AvgIpc) is 2.68. The number of ether oxygens (including phenoxy) is 2. The molecule has 0 aliphatic rings. The van der Waals surface area contributed by atoms with Gasteiger partial charge in [0, 0.05) is 12.2 Å². The third-order valence-electron chi connectivity index (χ3n) is 4.08. The molecule has 0 amide bonds. The Morgan fingerprint density at radius 2 is 1.65 bits per heavy atom. The van der Waals surface area contributed by atoms with Gasteiger partial charge < -0.3 is 14.8 Å². The van der Waals surface area contributed by atoms with Crippen LogP contribution in [0.3, 0.4) is 0 Å². The molecule has 4 nitrogen and oxygen atoms in total. The zero-order valence-corrected chi connectivity index (χ0v) is 15.8. The van der Waals surface area contributed by atoms with Crippen molar-refractivity contribution in [3.63, 3.8) is 0 Å². The van der Waals surface area contributed by atoms with Crippen LogP contribution < -0.4 is 10.1 Å². The fourth-order valence-electron chi connectivity index (χ4n) is 2.57. The summed E-state index contributed by atoms with van der Waals surface area (Å²) in [4.78, 5) is 11.6. The first kappa shape index (κ1) is 19.8. The molecule has 0 saturated heterocycles. The highest BCUT2D eigenvalue weighted by Gasteiger charge is 2.05. The van der Waals surface area contributed by atoms with Crippen molar-refractivity contribution in [1.29, 1.82) is 0 Å². The van der Waals surface area contributed by atoms with Crippen molar-refractivity contribution in [2.75, 3.05) is 18.5 Å². The summed E-state index contributed by atoms with van der Waals surface area (Å²) in [5, 5.41) is 3.35. The topological polar surface area (TPSA) is 47.6 Å². The van der Waals surface area contributed by atoms with E-state index in [-0.39, 0.29) is 5.97 Å². The molecule has 0 bridgehead atoms. The highest BCUT2D eigenvalue weighted by molar-refractivity contribution is 5.89. The number of esters is 1. The van der Waals surface area contributed by atoms with E-state index in [9.17, 15) is 4.79 Å². The quantitative estimate of drug-likeness (QED) is 0.431. The van der Waals surface area contributed by atoms with Crippen molar-refractivity contribution < 1.29 is 14.3 Å². The van der Waals surface area contributed by atoms with Gasteiger partial charge >= 0.3 is 5.97 Å². The first-order valence-corrected chi connectivity index (χ1v) is 9.45. The van der Waals surface area contributed by atoms with E-state index < -0.39 is 0 Å². The van der Waals surface area contributed by atoms with Crippen LogP contribution in [0.5, 0.6) is 5.75 Å². The van der Waals surface area contributed by atoms with Gasteiger partial charge in [0.05, 0.1) is 18.8 Å². The normalized spacial score (nSPS) is 10.4. The molecule has 2 aromatic carbocycles. The Morgan fingerprint density at radius 1 is 0.923 bits per heavy atom. The Labute approximate surface area is 156 Å².